The topological polar surface area (TPSA) is 70.7 Å². The summed E-state index contributed by atoms with van der Waals surface area (Å²) in [6.07, 6.45) is 1.50. The van der Waals surface area contributed by atoms with Crippen molar-refractivity contribution in [3.05, 3.63) is 59.7 Å². The van der Waals surface area contributed by atoms with Crippen molar-refractivity contribution in [1.29, 1.82) is 0 Å². The van der Waals surface area contributed by atoms with Crippen LogP contribution in [0.1, 0.15) is 24.0 Å². The molecular formula is C21H25N3O3. The molecule has 2 aromatic rings. The Kier molecular flexibility index (Phi) is 5.96. The monoisotopic (exact) mass is 367 g/mol. The Bertz CT molecular complexity index is 787. The number of aryl methyl sites for hydroxylation is 1. The molecule has 6 nitrogen and oxygen atoms in total. The number of nitrogens with zero attached hydrogens (tertiary/aromatic N) is 1. The second-order valence-corrected chi connectivity index (χ2v) is 6.71. The Labute approximate surface area is 159 Å². The van der Waals surface area contributed by atoms with E-state index in [1.807, 2.05) is 55.5 Å². The number of likely N-dealkylation sites (tertiary alicyclic amines) is 1. The van der Waals surface area contributed by atoms with Crippen LogP contribution in [0.4, 0.5) is 10.5 Å². The molecule has 0 bridgehead atoms. The molecule has 3 amide bonds. The highest BCUT2D eigenvalue weighted by molar-refractivity contribution is 5.94. The number of methoxy groups -OCH3 is 1. The fraction of sp³-hybridized carbons (Fsp3) is 0.333. The third-order valence-corrected chi connectivity index (χ3v) is 4.74. The van der Waals surface area contributed by atoms with Gasteiger partial charge in [-0.2, -0.15) is 0 Å². The average molecular weight is 367 g/mol. The van der Waals surface area contributed by atoms with Crippen molar-refractivity contribution in [1.82, 2.24) is 10.2 Å². The number of anilines is 1. The molecule has 0 spiro atoms. The quantitative estimate of drug-likeness (QED) is 0.852. The summed E-state index contributed by atoms with van der Waals surface area (Å²) in [6, 6.07) is 14.5. The van der Waals surface area contributed by atoms with Crippen molar-refractivity contribution in [3.8, 4) is 5.75 Å². The lowest BCUT2D eigenvalue weighted by atomic mass is 10.2. The fourth-order valence-electron chi connectivity index (χ4n) is 3.16. The maximum atomic E-state index is 12.6. The maximum absolute atomic E-state index is 12.6. The highest BCUT2D eigenvalue weighted by Gasteiger charge is 2.34. The predicted octanol–water partition coefficient (Wildman–Crippen LogP) is 3.32. The van der Waals surface area contributed by atoms with Gasteiger partial charge in [0.25, 0.3) is 0 Å². The van der Waals surface area contributed by atoms with E-state index in [2.05, 4.69) is 10.6 Å². The zero-order valence-electron chi connectivity index (χ0n) is 15.7. The van der Waals surface area contributed by atoms with Gasteiger partial charge in [-0.25, -0.2) is 4.79 Å². The first-order chi connectivity index (χ1) is 13.1. The molecule has 1 unspecified atom stereocenters. The van der Waals surface area contributed by atoms with Crippen LogP contribution in [0.15, 0.2) is 48.5 Å². The number of carbonyl (C=O) groups excluding carboxylic acids is 2. The summed E-state index contributed by atoms with van der Waals surface area (Å²) in [7, 11) is 1.62. The van der Waals surface area contributed by atoms with E-state index in [9.17, 15) is 9.59 Å². The van der Waals surface area contributed by atoms with Crippen LogP contribution in [-0.4, -0.2) is 36.5 Å². The Morgan fingerprint density at radius 2 is 1.81 bits per heavy atom. The van der Waals surface area contributed by atoms with Gasteiger partial charge >= 0.3 is 6.03 Å². The van der Waals surface area contributed by atoms with E-state index in [1.54, 1.807) is 12.0 Å². The van der Waals surface area contributed by atoms with Crippen LogP contribution in [-0.2, 0) is 11.3 Å². The first-order valence-corrected chi connectivity index (χ1v) is 9.12. The van der Waals surface area contributed by atoms with E-state index in [0.717, 1.165) is 29.0 Å². The first kappa shape index (κ1) is 18.8. The van der Waals surface area contributed by atoms with Crippen LogP contribution < -0.4 is 15.4 Å². The minimum absolute atomic E-state index is 0.123. The molecule has 2 N–H and O–H groups in total. The summed E-state index contributed by atoms with van der Waals surface area (Å²) >= 11 is 0. The second-order valence-electron chi connectivity index (χ2n) is 6.71. The van der Waals surface area contributed by atoms with Crippen LogP contribution in [0.5, 0.6) is 5.75 Å². The summed E-state index contributed by atoms with van der Waals surface area (Å²) in [5, 5.41) is 5.81. The molecule has 142 valence electrons. The Balaban J connectivity index is 1.56. The summed E-state index contributed by atoms with van der Waals surface area (Å²) in [5.41, 5.74) is 2.85. The Hall–Kier alpha value is -3.02. The van der Waals surface area contributed by atoms with E-state index < -0.39 is 6.04 Å². The predicted molar refractivity (Wildman–Crippen MR) is 105 cm³/mol. The number of ether oxygens (including phenoxy) is 1. The number of amides is 3. The zero-order chi connectivity index (χ0) is 19.2. The van der Waals surface area contributed by atoms with Crippen molar-refractivity contribution in [2.45, 2.75) is 32.4 Å². The SMILES string of the molecule is COc1ccc(CNC(=O)C2CCCN2C(=O)Nc2ccc(C)cc2)cc1. The molecule has 1 aliphatic rings. The van der Waals surface area contributed by atoms with Crippen LogP contribution in [0, 0.1) is 6.92 Å². The van der Waals surface area contributed by atoms with Gasteiger partial charge in [-0.3, -0.25) is 4.79 Å². The molecule has 3 rings (SSSR count). The molecule has 1 atom stereocenters. The normalized spacial score (nSPS) is 16.1. The third kappa shape index (κ3) is 4.78. The van der Waals surface area contributed by atoms with Gasteiger partial charge in [0.05, 0.1) is 7.11 Å². The van der Waals surface area contributed by atoms with Crippen LogP contribution >= 0.6 is 0 Å². The molecule has 27 heavy (non-hydrogen) atoms. The lowest BCUT2D eigenvalue weighted by molar-refractivity contribution is -0.124. The van der Waals surface area contributed by atoms with Gasteiger partial charge < -0.3 is 20.3 Å². The smallest absolute Gasteiger partial charge is 0.322 e. The van der Waals surface area contributed by atoms with E-state index in [-0.39, 0.29) is 11.9 Å². The first-order valence-electron chi connectivity index (χ1n) is 9.12. The summed E-state index contributed by atoms with van der Waals surface area (Å²) in [5.74, 6) is 0.655. The lowest BCUT2D eigenvalue weighted by Crippen LogP contribution is -2.47. The van der Waals surface area contributed by atoms with Crippen molar-refractivity contribution in [2.75, 3.05) is 19.0 Å². The molecule has 1 heterocycles. The largest absolute Gasteiger partial charge is 0.497 e. The summed E-state index contributed by atoms with van der Waals surface area (Å²) in [4.78, 5) is 26.8. The molecule has 1 saturated heterocycles. The van der Waals surface area contributed by atoms with Gasteiger partial charge in [0.1, 0.15) is 11.8 Å². The molecule has 0 aliphatic carbocycles. The molecular weight excluding hydrogens is 342 g/mol. The van der Waals surface area contributed by atoms with Gasteiger partial charge in [0, 0.05) is 18.8 Å². The number of nitrogens with one attached hydrogen (secondary N) is 2. The number of rotatable bonds is 5. The molecule has 0 saturated carbocycles. The summed E-state index contributed by atoms with van der Waals surface area (Å²) in [6.45, 7) is 3.00. The number of urea groups is 1. The standard InChI is InChI=1S/C21H25N3O3/c1-15-5-9-17(10-6-15)23-21(26)24-13-3-4-19(24)20(25)22-14-16-7-11-18(27-2)12-8-16/h5-12,19H,3-4,13-14H2,1-2H3,(H,22,25)(H,23,26). The maximum Gasteiger partial charge on any atom is 0.322 e. The molecule has 0 radical (unpaired) electrons. The average Bonchev–Trinajstić information content (AvgIpc) is 3.18. The van der Waals surface area contributed by atoms with Crippen molar-refractivity contribution < 1.29 is 14.3 Å². The molecule has 1 aliphatic heterocycles. The Morgan fingerprint density at radius 1 is 1.11 bits per heavy atom. The van der Waals surface area contributed by atoms with E-state index in [4.69, 9.17) is 4.74 Å². The van der Waals surface area contributed by atoms with Gasteiger partial charge in [-0.05, 0) is 49.6 Å². The molecule has 0 aromatic heterocycles. The van der Waals surface area contributed by atoms with E-state index in [0.29, 0.717) is 19.5 Å². The fourth-order valence-corrected chi connectivity index (χ4v) is 3.16. The second kappa shape index (κ2) is 8.58. The number of hydrogen-bond acceptors (Lipinski definition) is 3. The number of benzene rings is 2. The van der Waals surface area contributed by atoms with E-state index >= 15 is 0 Å². The number of carbonyl (C=O) groups is 2. The van der Waals surface area contributed by atoms with Crippen LogP contribution in [0.3, 0.4) is 0 Å². The van der Waals surface area contributed by atoms with Gasteiger partial charge in [0.15, 0.2) is 0 Å². The number of hydrogen-bond donors (Lipinski definition) is 2. The van der Waals surface area contributed by atoms with Gasteiger partial charge in [-0.15, -0.1) is 0 Å². The third-order valence-electron chi connectivity index (χ3n) is 4.74. The van der Waals surface area contributed by atoms with Crippen molar-refractivity contribution >= 4 is 17.6 Å². The minimum atomic E-state index is -0.436. The Morgan fingerprint density at radius 3 is 2.48 bits per heavy atom. The molecule has 1 fully saturated rings. The lowest BCUT2D eigenvalue weighted by Gasteiger charge is -2.24. The molecule has 2 aromatic carbocycles. The minimum Gasteiger partial charge on any atom is -0.497 e. The zero-order valence-corrected chi connectivity index (χ0v) is 15.7. The molecule has 6 heteroatoms. The van der Waals surface area contributed by atoms with Crippen molar-refractivity contribution in [2.24, 2.45) is 0 Å². The van der Waals surface area contributed by atoms with E-state index in [1.165, 1.54) is 0 Å². The van der Waals surface area contributed by atoms with Gasteiger partial charge in [0.2, 0.25) is 5.91 Å². The van der Waals surface area contributed by atoms with Crippen molar-refractivity contribution in [3.63, 3.8) is 0 Å². The van der Waals surface area contributed by atoms with Crippen LogP contribution in [0.2, 0.25) is 0 Å². The van der Waals surface area contributed by atoms with Gasteiger partial charge in [-0.1, -0.05) is 29.8 Å². The highest BCUT2D eigenvalue weighted by atomic mass is 16.5. The highest BCUT2D eigenvalue weighted by Crippen LogP contribution is 2.20. The van der Waals surface area contributed by atoms with Crippen LogP contribution in [0.25, 0.3) is 0 Å². The summed E-state index contributed by atoms with van der Waals surface area (Å²) < 4.78 is 5.13.